The Balaban J connectivity index is 1.55. The van der Waals surface area contributed by atoms with Gasteiger partial charge < -0.3 is 15.1 Å². The Labute approximate surface area is 156 Å². The number of carbonyl (C=O) groups is 1. The highest BCUT2D eigenvalue weighted by atomic mass is 32.2. The number of anilines is 2. The number of nitrogens with zero attached hydrogens (tertiary/aromatic N) is 2. The van der Waals surface area contributed by atoms with Crippen molar-refractivity contribution < 1.29 is 18.0 Å². The van der Waals surface area contributed by atoms with Gasteiger partial charge in [0, 0.05) is 0 Å². The van der Waals surface area contributed by atoms with Crippen LogP contribution in [-0.2, 0) is 11.3 Å². The molecule has 0 saturated heterocycles. The first-order valence-electron chi connectivity index (χ1n) is 7.54. The van der Waals surface area contributed by atoms with Crippen LogP contribution in [-0.4, -0.2) is 21.4 Å². The van der Waals surface area contributed by atoms with Gasteiger partial charge in [-0.25, -0.2) is 8.78 Å². The number of amides is 1. The van der Waals surface area contributed by atoms with Crippen LogP contribution >= 0.6 is 23.1 Å². The minimum Gasteiger partial charge on any atom is -0.467 e. The molecule has 0 fully saturated rings. The second kappa shape index (κ2) is 8.28. The van der Waals surface area contributed by atoms with Crippen LogP contribution in [0.2, 0.25) is 0 Å². The monoisotopic (exact) mass is 396 g/mol. The van der Waals surface area contributed by atoms with Gasteiger partial charge >= 0.3 is 0 Å². The van der Waals surface area contributed by atoms with E-state index in [1.54, 1.807) is 19.3 Å². The number of furan rings is 1. The molecule has 0 radical (unpaired) electrons. The van der Waals surface area contributed by atoms with Crippen molar-refractivity contribution in [2.24, 2.45) is 0 Å². The van der Waals surface area contributed by atoms with Gasteiger partial charge in [0.25, 0.3) is 0 Å². The van der Waals surface area contributed by atoms with E-state index in [4.69, 9.17) is 4.42 Å². The molecule has 0 aliphatic heterocycles. The summed E-state index contributed by atoms with van der Waals surface area (Å²) in [5.74, 6) is -1.42. The normalized spacial score (nSPS) is 12.0. The Kier molecular flexibility index (Phi) is 5.84. The summed E-state index contributed by atoms with van der Waals surface area (Å²) >= 11 is 2.42. The van der Waals surface area contributed by atoms with Crippen molar-refractivity contribution >= 4 is 39.8 Å². The predicted octanol–water partition coefficient (Wildman–Crippen LogP) is 4.14. The van der Waals surface area contributed by atoms with Gasteiger partial charge in [-0.2, -0.15) is 0 Å². The van der Waals surface area contributed by atoms with Gasteiger partial charge in [-0.15, -0.1) is 10.2 Å². The summed E-state index contributed by atoms with van der Waals surface area (Å²) in [7, 11) is 0. The number of halogens is 2. The van der Waals surface area contributed by atoms with E-state index in [-0.39, 0.29) is 0 Å². The third kappa shape index (κ3) is 4.58. The number of nitrogens with one attached hydrogen (secondary N) is 2. The number of thioether (sulfide) groups is 1. The molecule has 2 heterocycles. The topological polar surface area (TPSA) is 80.1 Å². The Hall–Kier alpha value is -2.46. The predicted molar refractivity (Wildman–Crippen MR) is 96.3 cm³/mol. The minimum atomic E-state index is -0.823. The maximum atomic E-state index is 13.6. The molecule has 2 aromatic heterocycles. The van der Waals surface area contributed by atoms with Crippen molar-refractivity contribution in [3.63, 3.8) is 0 Å². The SMILES string of the molecule is C[C@@H](Sc1nnc(NCc2ccco2)s1)C(=O)Nc1c(F)cccc1F. The summed E-state index contributed by atoms with van der Waals surface area (Å²) in [5.41, 5.74) is -0.456. The van der Waals surface area contributed by atoms with Crippen molar-refractivity contribution in [3.8, 4) is 0 Å². The van der Waals surface area contributed by atoms with Crippen LogP contribution in [0.3, 0.4) is 0 Å². The Morgan fingerprint density at radius 3 is 2.73 bits per heavy atom. The average molecular weight is 396 g/mol. The molecular formula is C16H14F2N4O2S2. The molecule has 2 N–H and O–H groups in total. The Bertz CT molecular complexity index is 866. The summed E-state index contributed by atoms with van der Waals surface area (Å²) < 4.78 is 33.0. The lowest BCUT2D eigenvalue weighted by molar-refractivity contribution is -0.115. The molecule has 26 heavy (non-hydrogen) atoms. The zero-order valence-electron chi connectivity index (χ0n) is 13.5. The van der Waals surface area contributed by atoms with E-state index in [1.807, 2.05) is 6.07 Å². The molecule has 3 aromatic rings. The van der Waals surface area contributed by atoms with Gasteiger partial charge in [0.1, 0.15) is 23.1 Å². The van der Waals surface area contributed by atoms with Gasteiger partial charge in [0.2, 0.25) is 11.0 Å². The number of carbonyl (C=O) groups excluding carboxylic acids is 1. The molecule has 0 saturated carbocycles. The highest BCUT2D eigenvalue weighted by Gasteiger charge is 2.20. The molecule has 10 heteroatoms. The molecule has 0 unspecified atom stereocenters. The lowest BCUT2D eigenvalue weighted by Crippen LogP contribution is -2.23. The fourth-order valence-electron chi connectivity index (χ4n) is 1.95. The van der Waals surface area contributed by atoms with Crippen LogP contribution < -0.4 is 10.6 Å². The number of para-hydroxylation sites is 1. The number of hydrogen-bond acceptors (Lipinski definition) is 7. The van der Waals surface area contributed by atoms with E-state index in [0.29, 0.717) is 16.0 Å². The van der Waals surface area contributed by atoms with E-state index in [0.717, 1.165) is 29.7 Å². The van der Waals surface area contributed by atoms with Gasteiger partial charge in [-0.1, -0.05) is 29.2 Å². The van der Waals surface area contributed by atoms with Crippen molar-refractivity contribution in [2.45, 2.75) is 23.1 Å². The van der Waals surface area contributed by atoms with Crippen molar-refractivity contribution in [2.75, 3.05) is 10.6 Å². The molecule has 3 rings (SSSR count). The molecule has 0 bridgehead atoms. The van der Waals surface area contributed by atoms with Gasteiger partial charge in [0.05, 0.1) is 18.1 Å². The zero-order chi connectivity index (χ0) is 18.5. The van der Waals surface area contributed by atoms with Gasteiger partial charge in [-0.3, -0.25) is 4.79 Å². The molecule has 6 nitrogen and oxygen atoms in total. The van der Waals surface area contributed by atoms with E-state index < -0.39 is 28.5 Å². The third-order valence-corrected chi connectivity index (χ3v) is 5.32. The first-order chi connectivity index (χ1) is 12.5. The average Bonchev–Trinajstić information content (AvgIpc) is 3.28. The quantitative estimate of drug-likeness (QED) is 0.584. The fourth-order valence-corrected chi connectivity index (χ4v) is 3.84. The molecule has 0 aliphatic rings. The Morgan fingerprint density at radius 1 is 1.27 bits per heavy atom. The summed E-state index contributed by atoms with van der Waals surface area (Å²) in [6.07, 6.45) is 1.58. The minimum absolute atomic E-state index is 0.456. The molecule has 1 amide bonds. The van der Waals surface area contributed by atoms with E-state index in [2.05, 4.69) is 20.8 Å². The molecular weight excluding hydrogens is 382 g/mol. The summed E-state index contributed by atoms with van der Waals surface area (Å²) in [6, 6.07) is 7.02. The zero-order valence-corrected chi connectivity index (χ0v) is 15.2. The van der Waals surface area contributed by atoms with E-state index in [9.17, 15) is 13.6 Å². The van der Waals surface area contributed by atoms with Crippen molar-refractivity contribution in [1.29, 1.82) is 0 Å². The van der Waals surface area contributed by atoms with Crippen molar-refractivity contribution in [1.82, 2.24) is 10.2 Å². The third-order valence-electron chi connectivity index (χ3n) is 3.26. The van der Waals surface area contributed by atoms with Crippen LogP contribution in [0, 0.1) is 11.6 Å². The largest absolute Gasteiger partial charge is 0.467 e. The fraction of sp³-hybridized carbons (Fsp3) is 0.188. The second-order valence-electron chi connectivity index (χ2n) is 5.15. The molecule has 0 spiro atoms. The highest BCUT2D eigenvalue weighted by molar-refractivity contribution is 8.02. The summed E-state index contributed by atoms with van der Waals surface area (Å²) in [6.45, 7) is 2.09. The summed E-state index contributed by atoms with van der Waals surface area (Å²) in [4.78, 5) is 12.2. The maximum absolute atomic E-state index is 13.6. The van der Waals surface area contributed by atoms with E-state index >= 15 is 0 Å². The molecule has 136 valence electrons. The maximum Gasteiger partial charge on any atom is 0.237 e. The first-order valence-corrected chi connectivity index (χ1v) is 9.24. The van der Waals surface area contributed by atoms with Crippen LogP contribution in [0.25, 0.3) is 0 Å². The van der Waals surface area contributed by atoms with Gasteiger partial charge in [0.15, 0.2) is 4.34 Å². The van der Waals surface area contributed by atoms with Crippen LogP contribution in [0.1, 0.15) is 12.7 Å². The smallest absolute Gasteiger partial charge is 0.237 e. The lowest BCUT2D eigenvalue weighted by atomic mass is 10.3. The van der Waals surface area contributed by atoms with Crippen LogP contribution in [0.15, 0.2) is 45.4 Å². The molecule has 0 aliphatic carbocycles. The number of hydrogen-bond donors (Lipinski definition) is 2. The molecule has 1 atom stereocenters. The number of benzene rings is 1. The molecule has 1 aromatic carbocycles. The van der Waals surface area contributed by atoms with Crippen LogP contribution in [0.5, 0.6) is 0 Å². The number of aromatic nitrogens is 2. The van der Waals surface area contributed by atoms with Gasteiger partial charge in [-0.05, 0) is 31.2 Å². The summed E-state index contributed by atoms with van der Waals surface area (Å²) in [5, 5.41) is 13.3. The van der Waals surface area contributed by atoms with E-state index in [1.165, 1.54) is 17.4 Å². The second-order valence-corrected chi connectivity index (χ2v) is 7.72. The first kappa shape index (κ1) is 18.3. The van der Waals surface area contributed by atoms with Crippen LogP contribution in [0.4, 0.5) is 19.6 Å². The van der Waals surface area contributed by atoms with Crippen molar-refractivity contribution in [3.05, 3.63) is 54.0 Å². The standard InChI is InChI=1S/C16H14F2N4O2S2/c1-9(14(23)20-13-11(17)5-2-6-12(13)18)25-16-22-21-15(26-16)19-8-10-4-3-7-24-10/h2-7,9H,8H2,1H3,(H,19,21)(H,20,23)/t9-/m1/s1. The highest BCUT2D eigenvalue weighted by Crippen LogP contribution is 2.30. The lowest BCUT2D eigenvalue weighted by Gasteiger charge is -2.11. The Morgan fingerprint density at radius 2 is 2.04 bits per heavy atom. The number of rotatable bonds is 7.